The van der Waals surface area contributed by atoms with Crippen LogP contribution in [0.3, 0.4) is 0 Å². The van der Waals surface area contributed by atoms with Gasteiger partial charge in [-0.05, 0) is 24.5 Å². The molecule has 1 heterocycles. The van der Waals surface area contributed by atoms with Gasteiger partial charge in [-0.2, -0.15) is 0 Å². The second-order valence-corrected chi connectivity index (χ2v) is 6.30. The molecular formula is C21H25NO2. The first-order valence-electron chi connectivity index (χ1n) is 8.89. The number of carbonyl (C=O) groups is 1. The molecule has 1 saturated heterocycles. The summed E-state index contributed by atoms with van der Waals surface area (Å²) in [4.78, 5) is 14.4. The molecule has 1 aliphatic rings. The summed E-state index contributed by atoms with van der Waals surface area (Å²) in [5, 5.41) is 0. The molecule has 2 aromatic rings. The molecular weight excluding hydrogens is 298 g/mol. The van der Waals surface area contributed by atoms with E-state index in [1.54, 1.807) is 0 Å². The van der Waals surface area contributed by atoms with Crippen molar-refractivity contribution in [3.8, 4) is 16.9 Å². The molecule has 2 aromatic carbocycles. The third kappa shape index (κ3) is 4.38. The second-order valence-electron chi connectivity index (χ2n) is 6.30. The zero-order valence-corrected chi connectivity index (χ0v) is 14.1. The average Bonchev–Trinajstić information content (AvgIpc) is 2.60. The van der Waals surface area contributed by atoms with Crippen LogP contribution in [-0.2, 0) is 4.79 Å². The largest absolute Gasteiger partial charge is 0.483 e. The average molecular weight is 323 g/mol. The topological polar surface area (TPSA) is 29.5 Å². The normalized spacial score (nSPS) is 15.4. The first-order chi connectivity index (χ1) is 11.8. The highest BCUT2D eigenvalue weighted by Gasteiger charge is 2.16. The lowest BCUT2D eigenvalue weighted by molar-refractivity contribution is -0.133. The minimum Gasteiger partial charge on any atom is -0.483 e. The van der Waals surface area contributed by atoms with Gasteiger partial charge in [0.25, 0.3) is 5.91 Å². The van der Waals surface area contributed by atoms with Gasteiger partial charge in [0.15, 0.2) is 6.61 Å². The number of amides is 1. The van der Waals surface area contributed by atoms with Crippen LogP contribution in [-0.4, -0.2) is 30.5 Å². The van der Waals surface area contributed by atoms with E-state index in [-0.39, 0.29) is 12.5 Å². The Hall–Kier alpha value is -2.29. The molecule has 0 saturated carbocycles. The van der Waals surface area contributed by atoms with Crippen molar-refractivity contribution < 1.29 is 9.53 Å². The number of carbonyl (C=O) groups excluding carboxylic acids is 1. The van der Waals surface area contributed by atoms with Crippen LogP contribution in [0.15, 0.2) is 54.6 Å². The van der Waals surface area contributed by atoms with Gasteiger partial charge < -0.3 is 9.64 Å². The summed E-state index contributed by atoms with van der Waals surface area (Å²) in [6.45, 7) is 1.84. The van der Waals surface area contributed by atoms with Crippen LogP contribution >= 0.6 is 0 Å². The highest BCUT2D eigenvalue weighted by Crippen LogP contribution is 2.29. The molecule has 0 N–H and O–H groups in total. The molecule has 0 radical (unpaired) electrons. The van der Waals surface area contributed by atoms with Crippen molar-refractivity contribution in [3.63, 3.8) is 0 Å². The van der Waals surface area contributed by atoms with Crippen LogP contribution in [0.2, 0.25) is 0 Å². The molecule has 0 aromatic heterocycles. The number of rotatable bonds is 4. The van der Waals surface area contributed by atoms with Gasteiger partial charge >= 0.3 is 0 Å². The monoisotopic (exact) mass is 323 g/mol. The van der Waals surface area contributed by atoms with Crippen LogP contribution in [0, 0.1) is 0 Å². The predicted octanol–water partition coefficient (Wildman–Crippen LogP) is 4.53. The lowest BCUT2D eigenvalue weighted by Gasteiger charge is -2.25. The first kappa shape index (κ1) is 16.6. The van der Waals surface area contributed by atoms with Gasteiger partial charge in [-0.15, -0.1) is 0 Å². The van der Waals surface area contributed by atoms with Crippen molar-refractivity contribution in [3.05, 3.63) is 54.6 Å². The Morgan fingerprint density at radius 1 is 0.833 bits per heavy atom. The van der Waals surface area contributed by atoms with Crippen LogP contribution in [0.25, 0.3) is 11.1 Å². The summed E-state index contributed by atoms with van der Waals surface area (Å²) in [6.07, 6.45) is 5.95. The Bertz CT molecular complexity index is 646. The molecule has 3 rings (SSSR count). The van der Waals surface area contributed by atoms with E-state index in [9.17, 15) is 4.79 Å². The standard InChI is InChI=1S/C21H25NO2/c23-21(22-15-9-2-1-3-10-16-22)17-24-20-14-8-7-13-19(20)18-11-5-4-6-12-18/h4-8,11-14H,1-3,9-10,15-17H2. The van der Waals surface area contributed by atoms with E-state index in [4.69, 9.17) is 4.74 Å². The van der Waals surface area contributed by atoms with Crippen LogP contribution in [0.5, 0.6) is 5.75 Å². The molecule has 3 heteroatoms. The van der Waals surface area contributed by atoms with Gasteiger partial charge in [-0.3, -0.25) is 4.79 Å². The number of ether oxygens (including phenoxy) is 1. The maximum atomic E-state index is 12.5. The molecule has 126 valence electrons. The number of nitrogens with zero attached hydrogens (tertiary/aromatic N) is 1. The van der Waals surface area contributed by atoms with Crippen LogP contribution in [0.1, 0.15) is 32.1 Å². The fourth-order valence-corrected chi connectivity index (χ4v) is 3.18. The number of benzene rings is 2. The Morgan fingerprint density at radius 2 is 1.46 bits per heavy atom. The smallest absolute Gasteiger partial charge is 0.260 e. The van der Waals surface area contributed by atoms with Crippen molar-refractivity contribution in [1.29, 1.82) is 0 Å². The Morgan fingerprint density at radius 3 is 2.21 bits per heavy atom. The molecule has 1 fully saturated rings. The lowest BCUT2D eigenvalue weighted by atomic mass is 10.1. The molecule has 0 spiro atoms. The van der Waals surface area contributed by atoms with Gasteiger partial charge in [-0.25, -0.2) is 0 Å². The van der Waals surface area contributed by atoms with E-state index in [1.807, 2.05) is 47.4 Å². The van der Waals surface area contributed by atoms with Gasteiger partial charge in [0.05, 0.1) is 0 Å². The van der Waals surface area contributed by atoms with Gasteiger partial charge in [-0.1, -0.05) is 67.8 Å². The summed E-state index contributed by atoms with van der Waals surface area (Å²) in [5.74, 6) is 0.865. The Labute approximate surface area is 144 Å². The summed E-state index contributed by atoms with van der Waals surface area (Å²) < 4.78 is 5.89. The van der Waals surface area contributed by atoms with Crippen molar-refractivity contribution >= 4 is 5.91 Å². The highest BCUT2D eigenvalue weighted by atomic mass is 16.5. The van der Waals surface area contributed by atoms with E-state index >= 15 is 0 Å². The molecule has 1 amide bonds. The molecule has 1 aliphatic heterocycles. The Balaban J connectivity index is 1.65. The van der Waals surface area contributed by atoms with Gasteiger partial charge in [0, 0.05) is 18.7 Å². The van der Waals surface area contributed by atoms with Crippen molar-refractivity contribution in [2.75, 3.05) is 19.7 Å². The maximum Gasteiger partial charge on any atom is 0.260 e. The summed E-state index contributed by atoms with van der Waals surface area (Å²) in [7, 11) is 0. The minimum absolute atomic E-state index is 0.0970. The number of hydrogen-bond acceptors (Lipinski definition) is 2. The van der Waals surface area contributed by atoms with Gasteiger partial charge in [0.2, 0.25) is 0 Å². The third-order valence-electron chi connectivity index (χ3n) is 4.53. The molecule has 0 bridgehead atoms. The maximum absolute atomic E-state index is 12.5. The molecule has 24 heavy (non-hydrogen) atoms. The molecule has 0 unspecified atom stereocenters. The van der Waals surface area contributed by atoms with Crippen LogP contribution in [0.4, 0.5) is 0 Å². The second kappa shape index (κ2) is 8.53. The molecule has 3 nitrogen and oxygen atoms in total. The van der Waals surface area contributed by atoms with E-state index in [0.717, 1.165) is 42.8 Å². The first-order valence-corrected chi connectivity index (χ1v) is 8.89. The summed E-state index contributed by atoms with van der Waals surface area (Å²) in [6, 6.07) is 18.0. The highest BCUT2D eigenvalue weighted by molar-refractivity contribution is 5.78. The quantitative estimate of drug-likeness (QED) is 0.827. The molecule has 0 aliphatic carbocycles. The van der Waals surface area contributed by atoms with E-state index in [2.05, 4.69) is 12.1 Å². The fourth-order valence-electron chi connectivity index (χ4n) is 3.18. The number of hydrogen-bond donors (Lipinski definition) is 0. The number of likely N-dealkylation sites (tertiary alicyclic amines) is 1. The lowest BCUT2D eigenvalue weighted by Crippen LogP contribution is -2.37. The van der Waals surface area contributed by atoms with E-state index < -0.39 is 0 Å². The van der Waals surface area contributed by atoms with Crippen molar-refractivity contribution in [2.24, 2.45) is 0 Å². The summed E-state index contributed by atoms with van der Waals surface area (Å²) >= 11 is 0. The Kier molecular flexibility index (Phi) is 5.89. The molecule has 0 atom stereocenters. The fraction of sp³-hybridized carbons (Fsp3) is 0.381. The summed E-state index contributed by atoms with van der Waals surface area (Å²) in [5.41, 5.74) is 2.13. The van der Waals surface area contributed by atoms with Crippen molar-refractivity contribution in [1.82, 2.24) is 4.90 Å². The minimum atomic E-state index is 0.0970. The van der Waals surface area contributed by atoms with Gasteiger partial charge in [0.1, 0.15) is 5.75 Å². The SMILES string of the molecule is O=C(COc1ccccc1-c1ccccc1)N1CCCCCCC1. The van der Waals surface area contributed by atoms with Crippen molar-refractivity contribution in [2.45, 2.75) is 32.1 Å². The van der Waals surface area contributed by atoms with E-state index in [0.29, 0.717) is 0 Å². The number of para-hydroxylation sites is 1. The van der Waals surface area contributed by atoms with Crippen LogP contribution < -0.4 is 4.74 Å². The third-order valence-corrected chi connectivity index (χ3v) is 4.53. The van der Waals surface area contributed by atoms with E-state index in [1.165, 1.54) is 19.3 Å². The predicted molar refractivity (Wildman–Crippen MR) is 97.0 cm³/mol. The zero-order chi connectivity index (χ0) is 16.6. The zero-order valence-electron chi connectivity index (χ0n) is 14.1.